The van der Waals surface area contributed by atoms with Crippen LogP contribution in [0.15, 0.2) is 33.7 Å². The van der Waals surface area contributed by atoms with Crippen molar-refractivity contribution in [2.45, 2.75) is 53.2 Å². The second-order valence-corrected chi connectivity index (χ2v) is 9.86. The van der Waals surface area contributed by atoms with E-state index in [1.165, 1.54) is 0 Å². The molecule has 0 amide bonds. The molecule has 0 aliphatic rings. The highest BCUT2D eigenvalue weighted by Gasteiger charge is 2.22. The largest absolute Gasteiger partial charge is 0.378 e. The van der Waals surface area contributed by atoms with E-state index in [0.717, 1.165) is 15.2 Å². The Kier molecular flexibility index (Phi) is 5.50. The predicted molar refractivity (Wildman–Crippen MR) is 123 cm³/mol. The van der Waals surface area contributed by atoms with Crippen LogP contribution in [0, 0.1) is 17.3 Å². The SMILES string of the molecule is CC(Nc1nc2c(C#CC(C)(C)O)c[nH]c(=O)c2c2cc(Br)ccc12)C(C)(C)C. The molecule has 3 aromatic rings. The summed E-state index contributed by atoms with van der Waals surface area (Å²) in [5, 5.41) is 15.7. The van der Waals surface area contributed by atoms with Crippen LogP contribution in [-0.4, -0.2) is 26.7 Å². The molecule has 0 radical (unpaired) electrons. The highest BCUT2D eigenvalue weighted by atomic mass is 79.9. The zero-order valence-electron chi connectivity index (χ0n) is 17.6. The molecule has 0 saturated heterocycles. The molecule has 3 N–H and O–H groups in total. The molecule has 0 aliphatic heterocycles. The van der Waals surface area contributed by atoms with Crippen LogP contribution in [0.3, 0.4) is 0 Å². The van der Waals surface area contributed by atoms with Crippen molar-refractivity contribution in [3.05, 3.63) is 44.8 Å². The van der Waals surface area contributed by atoms with Crippen molar-refractivity contribution in [1.29, 1.82) is 0 Å². The van der Waals surface area contributed by atoms with Gasteiger partial charge < -0.3 is 15.4 Å². The molecular formula is C23H26BrN3O2. The lowest BCUT2D eigenvalue weighted by atomic mass is 9.88. The van der Waals surface area contributed by atoms with E-state index >= 15 is 0 Å². The van der Waals surface area contributed by atoms with Gasteiger partial charge in [0.05, 0.1) is 16.5 Å². The third-order valence-electron chi connectivity index (χ3n) is 4.95. The van der Waals surface area contributed by atoms with Gasteiger partial charge in [-0.15, -0.1) is 0 Å². The molecule has 2 aromatic heterocycles. The zero-order valence-corrected chi connectivity index (χ0v) is 19.2. The Balaban J connectivity index is 2.38. The number of benzene rings is 1. The summed E-state index contributed by atoms with van der Waals surface area (Å²) in [6, 6.07) is 5.97. The Morgan fingerprint density at radius 2 is 1.90 bits per heavy atom. The fourth-order valence-electron chi connectivity index (χ4n) is 2.84. The lowest BCUT2D eigenvalue weighted by Gasteiger charge is -2.29. The monoisotopic (exact) mass is 455 g/mol. The van der Waals surface area contributed by atoms with Gasteiger partial charge in [-0.05, 0) is 44.4 Å². The fraction of sp³-hybridized carbons (Fsp3) is 0.391. The molecule has 5 nitrogen and oxygen atoms in total. The van der Waals surface area contributed by atoms with Gasteiger partial charge in [0, 0.05) is 27.5 Å². The van der Waals surface area contributed by atoms with Crippen molar-refractivity contribution < 1.29 is 5.11 Å². The van der Waals surface area contributed by atoms with E-state index in [2.05, 4.69) is 65.8 Å². The average Bonchev–Trinajstić information content (AvgIpc) is 2.59. The molecule has 3 rings (SSSR count). The molecule has 2 heterocycles. The molecule has 29 heavy (non-hydrogen) atoms. The maximum Gasteiger partial charge on any atom is 0.258 e. The van der Waals surface area contributed by atoms with E-state index in [1.807, 2.05) is 18.2 Å². The average molecular weight is 456 g/mol. The van der Waals surface area contributed by atoms with Crippen LogP contribution in [0.25, 0.3) is 21.7 Å². The first-order valence-corrected chi connectivity index (χ1v) is 10.3. The van der Waals surface area contributed by atoms with E-state index < -0.39 is 5.60 Å². The first kappa shape index (κ1) is 21.4. The smallest absolute Gasteiger partial charge is 0.258 e. The number of aromatic amines is 1. The fourth-order valence-corrected chi connectivity index (χ4v) is 3.20. The standard InChI is InChI=1S/C23H26BrN3O2/c1-13(22(2,3)4)26-20-16-8-7-15(24)11-17(16)18-19(27-20)14(12-25-21(18)28)9-10-23(5,6)29/h7-8,11-13,29H,1-6H3,(H,25,28)(H,26,27). The number of aromatic nitrogens is 2. The van der Waals surface area contributed by atoms with Crippen LogP contribution in [0.5, 0.6) is 0 Å². The third-order valence-corrected chi connectivity index (χ3v) is 5.44. The highest BCUT2D eigenvalue weighted by Crippen LogP contribution is 2.33. The van der Waals surface area contributed by atoms with Crippen molar-refractivity contribution in [3.8, 4) is 11.8 Å². The van der Waals surface area contributed by atoms with Gasteiger partial charge in [-0.2, -0.15) is 0 Å². The molecule has 1 atom stereocenters. The lowest BCUT2D eigenvalue weighted by molar-refractivity contribution is 0.143. The number of halogens is 1. The first-order valence-electron chi connectivity index (χ1n) is 9.53. The van der Waals surface area contributed by atoms with Crippen molar-refractivity contribution in [1.82, 2.24) is 9.97 Å². The van der Waals surface area contributed by atoms with Gasteiger partial charge in [0.25, 0.3) is 5.56 Å². The number of H-pyrrole nitrogens is 1. The number of hydrogen-bond acceptors (Lipinski definition) is 4. The Hall–Kier alpha value is -2.36. The van der Waals surface area contributed by atoms with E-state index in [0.29, 0.717) is 22.3 Å². The zero-order chi connectivity index (χ0) is 21.6. The summed E-state index contributed by atoms with van der Waals surface area (Å²) in [4.78, 5) is 20.3. The van der Waals surface area contributed by atoms with Gasteiger partial charge >= 0.3 is 0 Å². The van der Waals surface area contributed by atoms with Gasteiger partial charge in [0.2, 0.25) is 0 Å². The van der Waals surface area contributed by atoms with Crippen LogP contribution in [0.1, 0.15) is 47.1 Å². The normalized spacial score (nSPS) is 13.2. The maximum absolute atomic E-state index is 12.7. The second-order valence-electron chi connectivity index (χ2n) is 8.95. The Bertz CT molecular complexity index is 1200. The Labute approximate surface area is 179 Å². The molecule has 1 unspecified atom stereocenters. The second kappa shape index (κ2) is 7.47. The quantitative estimate of drug-likeness (QED) is 0.382. The summed E-state index contributed by atoms with van der Waals surface area (Å²) in [5.74, 6) is 6.49. The Morgan fingerprint density at radius 1 is 1.21 bits per heavy atom. The molecule has 0 saturated carbocycles. The van der Waals surface area contributed by atoms with Crippen molar-refractivity contribution >= 4 is 43.4 Å². The summed E-state index contributed by atoms with van der Waals surface area (Å²) < 4.78 is 0.875. The molecule has 1 aromatic carbocycles. The number of fused-ring (bicyclic) bond motifs is 3. The van der Waals surface area contributed by atoms with E-state index in [1.54, 1.807) is 20.0 Å². The number of aliphatic hydroxyl groups is 1. The van der Waals surface area contributed by atoms with Crippen molar-refractivity contribution in [3.63, 3.8) is 0 Å². The number of pyridine rings is 2. The molecule has 0 bridgehead atoms. The molecular weight excluding hydrogens is 430 g/mol. The Morgan fingerprint density at radius 3 is 2.52 bits per heavy atom. The number of nitrogens with zero attached hydrogens (tertiary/aromatic N) is 1. The molecule has 0 fully saturated rings. The minimum atomic E-state index is -1.15. The van der Waals surface area contributed by atoms with Gasteiger partial charge in [0.1, 0.15) is 11.4 Å². The minimum Gasteiger partial charge on any atom is -0.378 e. The van der Waals surface area contributed by atoms with Crippen LogP contribution in [-0.2, 0) is 0 Å². The van der Waals surface area contributed by atoms with Crippen LogP contribution < -0.4 is 10.9 Å². The van der Waals surface area contributed by atoms with E-state index in [-0.39, 0.29) is 17.0 Å². The van der Waals surface area contributed by atoms with Gasteiger partial charge in [0.15, 0.2) is 0 Å². The third kappa shape index (κ3) is 4.63. The number of rotatable bonds is 2. The number of hydrogen-bond donors (Lipinski definition) is 3. The summed E-state index contributed by atoms with van der Waals surface area (Å²) in [5.41, 5.74) is -0.269. The molecule has 0 aliphatic carbocycles. The maximum atomic E-state index is 12.7. The molecule has 152 valence electrons. The van der Waals surface area contributed by atoms with Gasteiger partial charge in [-0.25, -0.2) is 4.98 Å². The number of anilines is 1. The lowest BCUT2D eigenvalue weighted by Crippen LogP contribution is -2.31. The van der Waals surface area contributed by atoms with E-state index in [9.17, 15) is 9.90 Å². The minimum absolute atomic E-state index is 0.0238. The first-order chi connectivity index (χ1) is 13.4. The van der Waals surface area contributed by atoms with Crippen LogP contribution >= 0.6 is 15.9 Å². The van der Waals surface area contributed by atoms with E-state index in [4.69, 9.17) is 4.98 Å². The van der Waals surface area contributed by atoms with Crippen molar-refractivity contribution in [2.75, 3.05) is 5.32 Å². The summed E-state index contributed by atoms with van der Waals surface area (Å²) in [6.45, 7) is 11.8. The topological polar surface area (TPSA) is 78.0 Å². The van der Waals surface area contributed by atoms with Gasteiger partial charge in [-0.1, -0.05) is 48.5 Å². The van der Waals surface area contributed by atoms with Crippen LogP contribution in [0.2, 0.25) is 0 Å². The summed E-state index contributed by atoms with van der Waals surface area (Å²) in [6.07, 6.45) is 1.55. The van der Waals surface area contributed by atoms with Crippen molar-refractivity contribution in [2.24, 2.45) is 5.41 Å². The predicted octanol–water partition coefficient (Wildman–Crippen LogP) is 4.81. The molecule has 6 heteroatoms. The van der Waals surface area contributed by atoms with Gasteiger partial charge in [-0.3, -0.25) is 4.79 Å². The molecule has 0 spiro atoms. The number of nitrogens with one attached hydrogen (secondary N) is 2. The summed E-state index contributed by atoms with van der Waals surface area (Å²) >= 11 is 3.51. The highest BCUT2D eigenvalue weighted by molar-refractivity contribution is 9.10. The van der Waals surface area contributed by atoms with Crippen LogP contribution in [0.4, 0.5) is 5.82 Å². The summed E-state index contributed by atoms with van der Waals surface area (Å²) in [7, 11) is 0.